The third-order valence-corrected chi connectivity index (χ3v) is 3.22. The van der Waals surface area contributed by atoms with Crippen LogP contribution in [0.25, 0.3) is 0 Å². The highest BCUT2D eigenvalue weighted by Gasteiger charge is 2.30. The Morgan fingerprint density at radius 2 is 2.11 bits per heavy atom. The van der Waals surface area contributed by atoms with Crippen LogP contribution in [0, 0.1) is 5.92 Å². The molecule has 19 heavy (non-hydrogen) atoms. The van der Waals surface area contributed by atoms with Crippen LogP contribution in [0.4, 0.5) is 8.78 Å². The number of hydrogen-bond acceptors (Lipinski definition) is 3. The lowest BCUT2D eigenvalue weighted by atomic mass is 9.85. The van der Waals surface area contributed by atoms with E-state index >= 15 is 0 Å². The van der Waals surface area contributed by atoms with Gasteiger partial charge in [-0.25, -0.2) is 8.78 Å². The molecule has 0 fully saturated rings. The highest BCUT2D eigenvalue weighted by molar-refractivity contribution is 5.70. The van der Waals surface area contributed by atoms with Gasteiger partial charge in [-0.2, -0.15) is 0 Å². The lowest BCUT2D eigenvalue weighted by Gasteiger charge is -2.25. The monoisotopic (exact) mass is 274 g/mol. The van der Waals surface area contributed by atoms with E-state index in [2.05, 4.69) is 0 Å². The van der Waals surface area contributed by atoms with Crippen molar-refractivity contribution < 1.29 is 23.4 Å². The predicted molar refractivity (Wildman–Crippen MR) is 67.6 cm³/mol. The van der Waals surface area contributed by atoms with Crippen molar-refractivity contribution in [3.05, 3.63) is 22.8 Å². The quantitative estimate of drug-likeness (QED) is 0.783. The number of ether oxygens (including phenoxy) is 1. The van der Waals surface area contributed by atoms with Crippen LogP contribution in [0.2, 0.25) is 0 Å². The smallest absolute Gasteiger partial charge is 0.308 e. The van der Waals surface area contributed by atoms with Gasteiger partial charge in [0.05, 0.1) is 19.1 Å². The van der Waals surface area contributed by atoms with E-state index in [1.54, 1.807) is 20.8 Å². The number of carbonyl (C=O) groups is 1. The van der Waals surface area contributed by atoms with Gasteiger partial charge < -0.3 is 9.84 Å². The molecule has 0 amide bonds. The molecule has 2 atom stereocenters. The normalized spacial score (nSPS) is 21.7. The van der Waals surface area contributed by atoms with E-state index in [0.717, 1.165) is 0 Å². The average Bonchev–Trinajstić information content (AvgIpc) is 2.34. The summed E-state index contributed by atoms with van der Waals surface area (Å²) in [4.78, 5) is 11.3. The molecule has 1 rings (SSSR count). The van der Waals surface area contributed by atoms with Gasteiger partial charge in [-0.3, -0.25) is 4.79 Å². The predicted octanol–water partition coefficient (Wildman–Crippen LogP) is 3.20. The maximum Gasteiger partial charge on any atom is 0.308 e. The first-order valence-corrected chi connectivity index (χ1v) is 6.53. The zero-order valence-corrected chi connectivity index (χ0v) is 11.5. The molecule has 108 valence electrons. The van der Waals surface area contributed by atoms with Crippen LogP contribution in [0.15, 0.2) is 22.8 Å². The molecule has 3 nitrogen and oxygen atoms in total. The molecular formula is C14H20F2O3. The van der Waals surface area contributed by atoms with Gasteiger partial charge in [0, 0.05) is 11.5 Å². The van der Waals surface area contributed by atoms with E-state index in [-0.39, 0.29) is 37.0 Å². The Morgan fingerprint density at radius 3 is 2.63 bits per heavy atom. The van der Waals surface area contributed by atoms with Crippen LogP contribution in [-0.2, 0) is 9.53 Å². The summed E-state index contributed by atoms with van der Waals surface area (Å²) < 4.78 is 32.5. The molecule has 5 heteroatoms. The van der Waals surface area contributed by atoms with Crippen molar-refractivity contribution in [2.24, 2.45) is 5.92 Å². The minimum Gasteiger partial charge on any atom is -0.466 e. The fraction of sp³-hybridized carbons (Fsp3) is 0.643. The Morgan fingerprint density at radius 1 is 1.47 bits per heavy atom. The molecule has 1 aliphatic carbocycles. The molecule has 0 aromatic carbocycles. The number of carbonyl (C=O) groups excluding carboxylic acids is 1. The molecule has 0 aliphatic heterocycles. The number of aliphatic hydroxyl groups excluding tert-OH is 1. The van der Waals surface area contributed by atoms with Crippen LogP contribution in [0.3, 0.4) is 0 Å². The molecule has 0 heterocycles. The van der Waals surface area contributed by atoms with Crippen molar-refractivity contribution in [3.63, 3.8) is 0 Å². The number of halogens is 2. The zero-order valence-electron chi connectivity index (χ0n) is 11.5. The summed E-state index contributed by atoms with van der Waals surface area (Å²) in [5.41, 5.74) is 0.0930. The van der Waals surface area contributed by atoms with E-state index in [4.69, 9.17) is 4.74 Å². The molecule has 0 aromatic heterocycles. The highest BCUT2D eigenvalue weighted by Crippen LogP contribution is 2.39. The van der Waals surface area contributed by atoms with E-state index < -0.39 is 29.6 Å². The minimum atomic E-state index is -1.25. The number of aliphatic hydroxyl groups is 1. The second kappa shape index (κ2) is 6.80. The number of allylic oxidation sites excluding steroid dienone is 3. The van der Waals surface area contributed by atoms with Gasteiger partial charge in [0.15, 0.2) is 0 Å². The van der Waals surface area contributed by atoms with Crippen LogP contribution >= 0.6 is 0 Å². The summed E-state index contributed by atoms with van der Waals surface area (Å²) in [6.45, 7) is 5.15. The molecule has 0 aromatic rings. The van der Waals surface area contributed by atoms with Gasteiger partial charge in [-0.05, 0) is 25.3 Å². The first kappa shape index (κ1) is 15.8. The van der Waals surface area contributed by atoms with Crippen LogP contribution in [-0.4, -0.2) is 23.8 Å². The minimum absolute atomic E-state index is 0.00309. The first-order chi connectivity index (χ1) is 8.92. The summed E-state index contributed by atoms with van der Waals surface area (Å²) in [6.07, 6.45) is -1.25. The topological polar surface area (TPSA) is 46.5 Å². The number of rotatable bonds is 5. The van der Waals surface area contributed by atoms with Crippen molar-refractivity contribution in [3.8, 4) is 0 Å². The van der Waals surface area contributed by atoms with E-state index in [0.29, 0.717) is 0 Å². The average molecular weight is 274 g/mol. The zero-order chi connectivity index (χ0) is 14.6. The van der Waals surface area contributed by atoms with E-state index in [9.17, 15) is 18.7 Å². The first-order valence-electron chi connectivity index (χ1n) is 6.53. The summed E-state index contributed by atoms with van der Waals surface area (Å²) in [5, 5.41) is 9.91. The molecule has 0 radical (unpaired) electrons. The molecule has 1 aliphatic rings. The van der Waals surface area contributed by atoms with Crippen molar-refractivity contribution in [2.45, 2.75) is 46.1 Å². The molecular weight excluding hydrogens is 254 g/mol. The molecule has 0 spiro atoms. The van der Waals surface area contributed by atoms with E-state index in [1.165, 1.54) is 0 Å². The fourth-order valence-corrected chi connectivity index (χ4v) is 2.21. The lowest BCUT2D eigenvalue weighted by molar-refractivity contribution is -0.144. The third-order valence-electron chi connectivity index (χ3n) is 3.22. The van der Waals surface area contributed by atoms with Crippen LogP contribution in [0.1, 0.15) is 40.0 Å². The Kier molecular flexibility index (Phi) is 5.66. The second-order valence-corrected chi connectivity index (χ2v) is 4.65. The summed E-state index contributed by atoms with van der Waals surface area (Å²) in [6, 6.07) is 0. The highest BCUT2D eigenvalue weighted by atomic mass is 19.1. The Bertz CT molecular complexity index is 413. The summed E-state index contributed by atoms with van der Waals surface area (Å²) in [7, 11) is 0. The van der Waals surface area contributed by atoms with Gasteiger partial charge in [0.2, 0.25) is 0 Å². The van der Waals surface area contributed by atoms with Crippen molar-refractivity contribution >= 4 is 5.97 Å². The molecule has 0 bridgehead atoms. The molecule has 1 N–H and O–H groups in total. The van der Waals surface area contributed by atoms with Crippen molar-refractivity contribution in [2.75, 3.05) is 6.61 Å². The van der Waals surface area contributed by atoms with E-state index in [1.807, 2.05) is 0 Å². The fourth-order valence-electron chi connectivity index (χ4n) is 2.21. The Labute approximate surface area is 111 Å². The number of esters is 1. The van der Waals surface area contributed by atoms with Crippen LogP contribution < -0.4 is 0 Å². The lowest BCUT2D eigenvalue weighted by Crippen LogP contribution is -2.23. The maximum atomic E-state index is 14.1. The van der Waals surface area contributed by atoms with Crippen LogP contribution in [0.5, 0.6) is 0 Å². The standard InChI is InChI=1S/C14H20F2O3/c1-4-9-13(15)8(3)6-10(14(9)16)11(17)7-12(18)19-5-2/h8,11,17H,4-7H2,1-3H3. The van der Waals surface area contributed by atoms with Gasteiger partial charge in [0.1, 0.15) is 11.7 Å². The van der Waals surface area contributed by atoms with Crippen molar-refractivity contribution in [1.82, 2.24) is 0 Å². The summed E-state index contributed by atoms with van der Waals surface area (Å²) in [5.74, 6) is -2.24. The summed E-state index contributed by atoms with van der Waals surface area (Å²) >= 11 is 0. The van der Waals surface area contributed by atoms with Gasteiger partial charge in [-0.1, -0.05) is 13.8 Å². The number of hydrogen-bond donors (Lipinski definition) is 1. The second-order valence-electron chi connectivity index (χ2n) is 4.65. The SMILES string of the molecule is CCOC(=O)CC(O)C1=C(F)C(CC)=C(F)C(C)C1. The Hall–Kier alpha value is -1.23. The van der Waals surface area contributed by atoms with Gasteiger partial charge in [0.25, 0.3) is 0 Å². The molecule has 0 saturated heterocycles. The van der Waals surface area contributed by atoms with Gasteiger partial charge >= 0.3 is 5.97 Å². The third kappa shape index (κ3) is 3.62. The molecule has 0 saturated carbocycles. The van der Waals surface area contributed by atoms with Crippen molar-refractivity contribution in [1.29, 1.82) is 0 Å². The maximum absolute atomic E-state index is 14.1. The van der Waals surface area contributed by atoms with Gasteiger partial charge in [-0.15, -0.1) is 0 Å². The Balaban J connectivity index is 2.92. The largest absolute Gasteiger partial charge is 0.466 e. The molecule has 2 unspecified atom stereocenters.